The SMILES string of the molecule is [K+].[O]=[Nb](=[O])[O-].[O]=[Ti]([OH])[OH].[O]=[Zr]([OH])[OH]. The molecule has 0 aromatic carbocycles. The fourth-order valence-electron chi connectivity index (χ4n) is 0. The van der Waals surface area contributed by atoms with Gasteiger partial charge in [-0.1, -0.05) is 0 Å². The van der Waals surface area contributed by atoms with Gasteiger partial charge in [0, 0.05) is 0 Å². The van der Waals surface area contributed by atoms with E-state index >= 15 is 0 Å². The molecule has 0 atom stereocenters. The van der Waals surface area contributed by atoms with Crippen molar-refractivity contribution < 1.29 is 141 Å². The van der Waals surface area contributed by atoms with E-state index in [0.717, 1.165) is 0 Å². The summed E-state index contributed by atoms with van der Waals surface area (Å²) in [5.74, 6) is 0. The zero-order valence-electron chi connectivity index (χ0n) is 6.28. The first-order valence-corrected chi connectivity index (χ1v) is 9.78. The van der Waals surface area contributed by atoms with E-state index in [0.29, 0.717) is 0 Å². The summed E-state index contributed by atoms with van der Waals surface area (Å²) in [5, 5.41) is 0. The van der Waals surface area contributed by atoms with Gasteiger partial charge in [-0.25, -0.2) is 0 Å². The third-order valence-electron chi connectivity index (χ3n) is 0. The maximum absolute atomic E-state index is 8.84. The third-order valence-corrected chi connectivity index (χ3v) is 0. The Labute approximate surface area is 138 Å². The molecular formula is H4KNbO9TiZr. The Hall–Kier alpha value is 2.97. The average Bonchev–Trinajstić information content (AvgIpc) is 1.54. The van der Waals surface area contributed by atoms with Gasteiger partial charge in [-0.15, -0.1) is 0 Å². The van der Waals surface area contributed by atoms with Crippen LogP contribution in [0.3, 0.4) is 0 Å². The molecule has 0 aromatic rings. The van der Waals surface area contributed by atoms with E-state index in [2.05, 4.69) is 0 Å². The van der Waals surface area contributed by atoms with Gasteiger partial charge in [0.15, 0.2) is 0 Å². The fraction of sp³-hybridized carbons (Fsp3) is 0. The van der Waals surface area contributed by atoms with Crippen LogP contribution in [0, 0.1) is 0 Å². The standard InChI is InChI=1S/K.Nb.4H2O.5O.Ti.Zr/h;;4*1H2;;;;;;;/q+1;;;;;;;;;;-1;2*+2/p-4. The molecular weight excluding hydrogens is 415 g/mol. The fourth-order valence-corrected chi connectivity index (χ4v) is 0. The molecule has 0 radical (unpaired) electrons. The van der Waals surface area contributed by atoms with Gasteiger partial charge in [0.05, 0.1) is 0 Å². The summed E-state index contributed by atoms with van der Waals surface area (Å²) in [4.78, 5) is 0. The molecule has 0 fully saturated rings. The molecule has 0 rings (SSSR count). The number of hydrogen-bond acceptors (Lipinski definition) is 5. The zero-order valence-corrected chi connectivity index (χ0v) is 15.6. The van der Waals surface area contributed by atoms with Gasteiger partial charge in [0.2, 0.25) is 0 Å². The molecule has 4 N–H and O–H groups in total. The predicted octanol–water partition coefficient (Wildman–Crippen LogP) is -6.90. The Morgan fingerprint density at radius 2 is 1.23 bits per heavy atom. The molecule has 0 aliphatic rings. The Balaban J connectivity index is -0.0000000450. The van der Waals surface area contributed by atoms with Crippen LogP contribution in [-0.2, 0) is 72.7 Å². The first kappa shape index (κ1) is 25.0. The quantitative estimate of drug-likeness (QED) is 0.279. The van der Waals surface area contributed by atoms with Gasteiger partial charge in [-0.3, -0.25) is 0 Å². The molecule has 72 valence electrons. The van der Waals surface area contributed by atoms with Crippen molar-refractivity contribution >= 4 is 0 Å². The summed E-state index contributed by atoms with van der Waals surface area (Å²) >= 11 is -11.6. The second-order valence-electron chi connectivity index (χ2n) is 0.789. The predicted molar refractivity (Wildman–Crippen MR) is 11.6 cm³/mol. The summed E-state index contributed by atoms with van der Waals surface area (Å²) in [7, 11) is 0. The topological polar surface area (TPSA) is 172 Å². The summed E-state index contributed by atoms with van der Waals surface area (Å²) in [5.41, 5.74) is 0. The molecule has 13 heavy (non-hydrogen) atoms. The first-order chi connectivity index (χ1) is 5.20. The van der Waals surface area contributed by atoms with Crippen molar-refractivity contribution in [3.63, 3.8) is 0 Å². The van der Waals surface area contributed by atoms with Crippen LogP contribution in [0.4, 0.5) is 0 Å². The van der Waals surface area contributed by atoms with E-state index < -0.39 is 60.0 Å². The Bertz CT molecular complexity index is 170. The molecule has 0 amide bonds. The van der Waals surface area contributed by atoms with E-state index in [1.165, 1.54) is 0 Å². The van der Waals surface area contributed by atoms with Crippen molar-refractivity contribution in [2.75, 3.05) is 0 Å². The Morgan fingerprint density at radius 3 is 1.23 bits per heavy atom. The Morgan fingerprint density at radius 1 is 1.23 bits per heavy atom. The van der Waals surface area contributed by atoms with E-state index in [-0.39, 0.29) is 51.4 Å². The van der Waals surface area contributed by atoms with E-state index in [1.807, 2.05) is 0 Å². The normalized spacial score (nSPS) is 5.92. The third kappa shape index (κ3) is 285. The molecule has 0 aromatic heterocycles. The van der Waals surface area contributed by atoms with Crippen LogP contribution in [0.1, 0.15) is 0 Å². The van der Waals surface area contributed by atoms with Crippen LogP contribution in [-0.4, -0.2) is 13.7 Å². The minimum absolute atomic E-state index is 0. The van der Waals surface area contributed by atoms with Crippen molar-refractivity contribution in [1.29, 1.82) is 0 Å². The van der Waals surface area contributed by atoms with Gasteiger partial charge in [0.25, 0.3) is 0 Å². The van der Waals surface area contributed by atoms with Crippen molar-refractivity contribution in [2.45, 2.75) is 0 Å². The molecule has 0 saturated heterocycles. The van der Waals surface area contributed by atoms with Gasteiger partial charge < -0.3 is 0 Å². The molecule has 9 nitrogen and oxygen atoms in total. The van der Waals surface area contributed by atoms with Crippen LogP contribution < -0.4 is 55.0 Å². The molecule has 0 spiro atoms. The van der Waals surface area contributed by atoms with Crippen LogP contribution >= 0.6 is 0 Å². The van der Waals surface area contributed by atoms with Gasteiger partial charge in [-0.05, 0) is 0 Å². The second-order valence-corrected chi connectivity index (χ2v) is 4.16. The number of hydrogen-bond donors (Lipinski definition) is 4. The summed E-state index contributed by atoms with van der Waals surface area (Å²) in [6.45, 7) is 0. The zero-order chi connectivity index (χ0) is 10.7. The monoisotopic (exact) mass is 418 g/mol. The van der Waals surface area contributed by atoms with E-state index in [4.69, 9.17) is 30.0 Å². The van der Waals surface area contributed by atoms with Gasteiger partial charge in [-0.2, -0.15) is 0 Å². The molecule has 0 unspecified atom stereocenters. The van der Waals surface area contributed by atoms with E-state index in [1.54, 1.807) is 0 Å². The molecule has 0 saturated carbocycles. The summed E-state index contributed by atoms with van der Waals surface area (Å²) in [6.07, 6.45) is 0. The molecule has 0 aliphatic heterocycles. The molecule has 0 aliphatic carbocycles. The van der Waals surface area contributed by atoms with Crippen LogP contribution in [0.25, 0.3) is 0 Å². The van der Waals surface area contributed by atoms with Crippen LogP contribution in [0.15, 0.2) is 0 Å². The van der Waals surface area contributed by atoms with Gasteiger partial charge >= 0.3 is 141 Å². The maximum atomic E-state index is 8.84. The molecule has 0 heterocycles. The second kappa shape index (κ2) is 20.4. The van der Waals surface area contributed by atoms with E-state index in [9.17, 15) is 0 Å². The van der Waals surface area contributed by atoms with Crippen molar-refractivity contribution in [2.24, 2.45) is 0 Å². The van der Waals surface area contributed by atoms with Crippen LogP contribution in [0.5, 0.6) is 0 Å². The number of rotatable bonds is 0. The van der Waals surface area contributed by atoms with Crippen molar-refractivity contribution in [1.82, 2.24) is 0 Å². The summed E-state index contributed by atoms with van der Waals surface area (Å²) < 4.78 is 72.4. The van der Waals surface area contributed by atoms with Crippen molar-refractivity contribution in [3.05, 3.63) is 0 Å². The average molecular weight is 419 g/mol. The molecule has 0 bridgehead atoms. The van der Waals surface area contributed by atoms with Crippen LogP contribution in [0.2, 0.25) is 0 Å². The first-order valence-electron chi connectivity index (χ1n) is 1.85. The molecule has 13 heteroatoms. The minimum atomic E-state index is -4.20. The van der Waals surface area contributed by atoms with Crippen molar-refractivity contribution in [3.8, 4) is 0 Å². The van der Waals surface area contributed by atoms with Gasteiger partial charge in [0.1, 0.15) is 0 Å². The Kier molecular flexibility index (Phi) is 39.2. The summed E-state index contributed by atoms with van der Waals surface area (Å²) in [6, 6.07) is 0.